The Labute approximate surface area is 106 Å². The molecule has 0 aliphatic carbocycles. The predicted molar refractivity (Wildman–Crippen MR) is 70.1 cm³/mol. The van der Waals surface area contributed by atoms with E-state index in [9.17, 15) is 0 Å². The van der Waals surface area contributed by atoms with Gasteiger partial charge in [0.1, 0.15) is 0 Å². The summed E-state index contributed by atoms with van der Waals surface area (Å²) in [5.74, 6) is 0. The molecule has 4 heteroatoms. The molecule has 0 aliphatic heterocycles. The van der Waals surface area contributed by atoms with Crippen LogP contribution in [0.2, 0.25) is 5.02 Å². The molecular formula is C13H16ClN3. The highest BCUT2D eigenvalue weighted by atomic mass is 35.5. The van der Waals surface area contributed by atoms with Gasteiger partial charge in [0.05, 0.1) is 12.7 Å². The molecule has 0 aliphatic rings. The number of nitrogens with two attached hydrogens (primary N) is 1. The Morgan fingerprint density at radius 1 is 1.41 bits per heavy atom. The Bertz CT molecular complexity index is 505. The van der Waals surface area contributed by atoms with Crippen LogP contribution in [-0.4, -0.2) is 9.78 Å². The summed E-state index contributed by atoms with van der Waals surface area (Å²) in [6, 6.07) is 7.84. The maximum Gasteiger partial charge on any atom is 0.0663 e. The van der Waals surface area contributed by atoms with Crippen molar-refractivity contribution in [3.63, 3.8) is 0 Å². The lowest BCUT2D eigenvalue weighted by Gasteiger charge is -2.07. The smallest absolute Gasteiger partial charge is 0.0663 e. The average Bonchev–Trinajstić information content (AvgIpc) is 2.71. The zero-order chi connectivity index (χ0) is 12.3. The van der Waals surface area contributed by atoms with Crippen molar-refractivity contribution >= 4 is 11.6 Å². The molecule has 90 valence electrons. The van der Waals surface area contributed by atoms with Crippen LogP contribution in [0.4, 0.5) is 0 Å². The van der Waals surface area contributed by atoms with Crippen LogP contribution in [0.25, 0.3) is 0 Å². The first-order valence-electron chi connectivity index (χ1n) is 5.72. The number of hydrogen-bond acceptors (Lipinski definition) is 2. The highest BCUT2D eigenvalue weighted by Crippen LogP contribution is 2.14. The van der Waals surface area contributed by atoms with Gasteiger partial charge in [0.15, 0.2) is 0 Å². The van der Waals surface area contributed by atoms with Crippen LogP contribution < -0.4 is 5.73 Å². The summed E-state index contributed by atoms with van der Waals surface area (Å²) in [6.07, 6.45) is 2.79. The summed E-state index contributed by atoms with van der Waals surface area (Å²) in [5, 5.41) is 5.13. The maximum absolute atomic E-state index is 5.97. The van der Waals surface area contributed by atoms with Gasteiger partial charge in [0.2, 0.25) is 0 Å². The van der Waals surface area contributed by atoms with E-state index >= 15 is 0 Å². The van der Waals surface area contributed by atoms with Crippen LogP contribution in [0.15, 0.2) is 30.5 Å². The number of rotatable bonds is 4. The molecule has 1 aromatic heterocycles. The third-order valence-corrected chi connectivity index (χ3v) is 3.05. The Hall–Kier alpha value is -1.32. The normalized spacial score (nSPS) is 10.8. The van der Waals surface area contributed by atoms with Crippen LogP contribution in [0.5, 0.6) is 0 Å². The van der Waals surface area contributed by atoms with Gasteiger partial charge in [-0.15, -0.1) is 0 Å². The van der Waals surface area contributed by atoms with Crippen LogP contribution in [0.1, 0.15) is 23.7 Å². The molecule has 1 aromatic carbocycles. The van der Waals surface area contributed by atoms with Gasteiger partial charge in [0.25, 0.3) is 0 Å². The first-order chi connectivity index (χ1) is 8.24. The number of hydrogen-bond donors (Lipinski definition) is 1. The van der Waals surface area contributed by atoms with Crippen molar-refractivity contribution in [2.75, 3.05) is 0 Å². The monoisotopic (exact) mass is 249 g/mol. The van der Waals surface area contributed by atoms with Gasteiger partial charge < -0.3 is 5.73 Å². The van der Waals surface area contributed by atoms with Gasteiger partial charge in [-0.1, -0.05) is 30.7 Å². The lowest BCUT2D eigenvalue weighted by atomic mass is 10.2. The number of benzene rings is 1. The van der Waals surface area contributed by atoms with E-state index in [-0.39, 0.29) is 0 Å². The molecule has 0 unspecified atom stereocenters. The average molecular weight is 250 g/mol. The molecule has 0 spiro atoms. The van der Waals surface area contributed by atoms with E-state index in [1.54, 1.807) is 0 Å². The first kappa shape index (κ1) is 12.1. The lowest BCUT2D eigenvalue weighted by Crippen LogP contribution is -2.08. The Morgan fingerprint density at radius 3 is 2.88 bits per heavy atom. The molecule has 3 nitrogen and oxygen atoms in total. The SMILES string of the molecule is CCc1c(CN)cnn1Cc1cccc(Cl)c1. The largest absolute Gasteiger partial charge is 0.326 e. The molecule has 0 atom stereocenters. The van der Waals surface area contributed by atoms with Crippen molar-refractivity contribution in [3.8, 4) is 0 Å². The molecule has 0 fully saturated rings. The van der Waals surface area contributed by atoms with Crippen LogP contribution >= 0.6 is 11.6 Å². The van der Waals surface area contributed by atoms with E-state index in [1.165, 1.54) is 5.69 Å². The molecule has 0 amide bonds. The zero-order valence-corrected chi connectivity index (χ0v) is 10.6. The number of aromatic nitrogens is 2. The zero-order valence-electron chi connectivity index (χ0n) is 9.86. The highest BCUT2D eigenvalue weighted by molar-refractivity contribution is 6.30. The fraction of sp³-hybridized carbons (Fsp3) is 0.308. The van der Waals surface area contributed by atoms with Crippen molar-refractivity contribution in [2.24, 2.45) is 5.73 Å². The summed E-state index contributed by atoms with van der Waals surface area (Å²) in [4.78, 5) is 0. The van der Waals surface area contributed by atoms with E-state index < -0.39 is 0 Å². The summed E-state index contributed by atoms with van der Waals surface area (Å²) in [7, 11) is 0. The van der Waals surface area contributed by atoms with E-state index in [2.05, 4.69) is 18.1 Å². The minimum atomic E-state index is 0.540. The summed E-state index contributed by atoms with van der Waals surface area (Å²) in [5.41, 5.74) is 9.16. The Kier molecular flexibility index (Phi) is 3.82. The van der Waals surface area contributed by atoms with E-state index in [0.29, 0.717) is 6.54 Å². The summed E-state index contributed by atoms with van der Waals surface area (Å²) >= 11 is 5.97. The van der Waals surface area contributed by atoms with E-state index in [4.69, 9.17) is 17.3 Å². The molecule has 2 rings (SSSR count). The van der Waals surface area contributed by atoms with Gasteiger partial charge in [-0.2, -0.15) is 5.10 Å². The van der Waals surface area contributed by atoms with E-state index in [1.807, 2.05) is 29.1 Å². The van der Waals surface area contributed by atoms with Gasteiger partial charge >= 0.3 is 0 Å². The second-order valence-corrected chi connectivity index (χ2v) is 4.40. The fourth-order valence-corrected chi connectivity index (χ4v) is 2.19. The lowest BCUT2D eigenvalue weighted by molar-refractivity contribution is 0.647. The topological polar surface area (TPSA) is 43.8 Å². The van der Waals surface area contributed by atoms with Gasteiger partial charge in [-0.3, -0.25) is 4.68 Å². The van der Waals surface area contributed by atoms with Crippen LogP contribution in [-0.2, 0) is 19.5 Å². The third kappa shape index (κ3) is 2.68. The van der Waals surface area contributed by atoms with Gasteiger partial charge in [-0.05, 0) is 24.1 Å². The van der Waals surface area contributed by atoms with Gasteiger partial charge in [-0.25, -0.2) is 0 Å². The predicted octanol–water partition coefficient (Wildman–Crippen LogP) is 2.61. The van der Waals surface area contributed by atoms with Crippen LogP contribution in [0, 0.1) is 0 Å². The molecule has 2 aromatic rings. The van der Waals surface area contributed by atoms with Crippen molar-refractivity contribution in [1.82, 2.24) is 9.78 Å². The molecule has 0 radical (unpaired) electrons. The maximum atomic E-state index is 5.97. The highest BCUT2D eigenvalue weighted by Gasteiger charge is 2.08. The van der Waals surface area contributed by atoms with Gasteiger partial charge in [0, 0.05) is 22.8 Å². The number of nitrogens with zero attached hydrogens (tertiary/aromatic N) is 2. The minimum absolute atomic E-state index is 0.540. The molecule has 0 bridgehead atoms. The standard InChI is InChI=1S/C13H16ClN3/c1-2-13-11(7-15)8-16-17(13)9-10-4-3-5-12(14)6-10/h3-6,8H,2,7,9,15H2,1H3. The molecule has 0 saturated carbocycles. The Morgan fingerprint density at radius 2 is 2.24 bits per heavy atom. The van der Waals surface area contributed by atoms with Crippen molar-refractivity contribution in [2.45, 2.75) is 26.4 Å². The molecule has 17 heavy (non-hydrogen) atoms. The van der Waals surface area contributed by atoms with Crippen LogP contribution in [0.3, 0.4) is 0 Å². The molecule has 2 N–H and O–H groups in total. The quantitative estimate of drug-likeness (QED) is 0.905. The van der Waals surface area contributed by atoms with E-state index in [0.717, 1.165) is 29.1 Å². The summed E-state index contributed by atoms with van der Waals surface area (Å²) in [6.45, 7) is 3.40. The molecule has 1 heterocycles. The Balaban J connectivity index is 2.27. The fourth-order valence-electron chi connectivity index (χ4n) is 1.97. The van der Waals surface area contributed by atoms with Crippen molar-refractivity contribution in [3.05, 3.63) is 52.3 Å². The number of halogens is 1. The second kappa shape index (κ2) is 5.34. The van der Waals surface area contributed by atoms with Crippen molar-refractivity contribution in [1.29, 1.82) is 0 Å². The molecule has 0 saturated heterocycles. The second-order valence-electron chi connectivity index (χ2n) is 3.96. The van der Waals surface area contributed by atoms with Crippen molar-refractivity contribution < 1.29 is 0 Å². The first-order valence-corrected chi connectivity index (χ1v) is 6.10. The third-order valence-electron chi connectivity index (χ3n) is 2.81. The molecular weight excluding hydrogens is 234 g/mol. The minimum Gasteiger partial charge on any atom is -0.326 e. The summed E-state index contributed by atoms with van der Waals surface area (Å²) < 4.78 is 1.99.